The van der Waals surface area contributed by atoms with Crippen molar-refractivity contribution < 1.29 is 9.47 Å². The molecule has 26 heavy (non-hydrogen) atoms. The molecule has 0 amide bonds. The van der Waals surface area contributed by atoms with Gasteiger partial charge in [0, 0.05) is 12.2 Å². The first-order chi connectivity index (χ1) is 12.7. The Bertz CT molecular complexity index is 945. The molecule has 0 saturated heterocycles. The highest BCUT2D eigenvalue weighted by Crippen LogP contribution is 2.32. The number of aromatic nitrogens is 3. The van der Waals surface area contributed by atoms with Crippen molar-refractivity contribution >= 4 is 17.5 Å². The number of nitrogens with one attached hydrogen (secondary N) is 2. The lowest BCUT2D eigenvalue weighted by Crippen LogP contribution is -2.06. The molecular weight excluding hydrogens is 330 g/mol. The fraction of sp³-hybridized carbons (Fsp3) is 0.211. The SMILES string of the molecule is Cc1ccc(Nc2cnnc(NCc3ccc4c(c3)OCO4)n2)c(C)c1. The van der Waals surface area contributed by atoms with Gasteiger partial charge in [-0.2, -0.15) is 10.1 Å². The lowest BCUT2D eigenvalue weighted by molar-refractivity contribution is 0.174. The van der Waals surface area contributed by atoms with Crippen LogP contribution in [0.2, 0.25) is 0 Å². The molecule has 0 bridgehead atoms. The first-order valence-electron chi connectivity index (χ1n) is 8.34. The molecule has 0 spiro atoms. The monoisotopic (exact) mass is 349 g/mol. The summed E-state index contributed by atoms with van der Waals surface area (Å²) in [5.74, 6) is 2.62. The Kier molecular flexibility index (Phi) is 4.27. The van der Waals surface area contributed by atoms with Gasteiger partial charge in [-0.15, -0.1) is 5.10 Å². The van der Waals surface area contributed by atoms with Crippen LogP contribution < -0.4 is 20.1 Å². The van der Waals surface area contributed by atoms with E-state index in [0.29, 0.717) is 18.3 Å². The van der Waals surface area contributed by atoms with Gasteiger partial charge in [-0.1, -0.05) is 23.8 Å². The van der Waals surface area contributed by atoms with E-state index in [9.17, 15) is 0 Å². The lowest BCUT2D eigenvalue weighted by atomic mass is 10.1. The highest BCUT2D eigenvalue weighted by Gasteiger charge is 2.13. The summed E-state index contributed by atoms with van der Waals surface area (Å²) in [6.45, 7) is 4.96. The van der Waals surface area contributed by atoms with Gasteiger partial charge in [-0.05, 0) is 43.2 Å². The number of ether oxygens (including phenoxy) is 2. The molecule has 132 valence electrons. The molecule has 3 aromatic rings. The Balaban J connectivity index is 1.44. The second kappa shape index (κ2) is 6.87. The number of nitrogens with zero attached hydrogens (tertiary/aromatic N) is 3. The molecule has 0 aliphatic carbocycles. The molecule has 0 atom stereocenters. The third-order valence-electron chi connectivity index (χ3n) is 4.09. The summed E-state index contributed by atoms with van der Waals surface area (Å²) in [6, 6.07) is 12.0. The summed E-state index contributed by atoms with van der Waals surface area (Å²) in [5, 5.41) is 14.5. The lowest BCUT2D eigenvalue weighted by Gasteiger charge is -2.10. The maximum Gasteiger partial charge on any atom is 0.244 e. The Hall–Kier alpha value is -3.35. The van der Waals surface area contributed by atoms with Crippen LogP contribution in [-0.2, 0) is 6.54 Å². The molecule has 0 radical (unpaired) electrons. The van der Waals surface area contributed by atoms with Crippen LogP contribution in [0.4, 0.5) is 17.5 Å². The van der Waals surface area contributed by atoms with Crippen molar-refractivity contribution in [3.05, 3.63) is 59.3 Å². The van der Waals surface area contributed by atoms with Crippen LogP contribution in [0.3, 0.4) is 0 Å². The summed E-state index contributed by atoms with van der Waals surface area (Å²) < 4.78 is 10.7. The highest BCUT2D eigenvalue weighted by atomic mass is 16.7. The predicted molar refractivity (Wildman–Crippen MR) is 98.9 cm³/mol. The zero-order valence-electron chi connectivity index (χ0n) is 14.6. The summed E-state index contributed by atoms with van der Waals surface area (Å²) in [4.78, 5) is 4.47. The molecule has 7 nitrogen and oxygen atoms in total. The van der Waals surface area contributed by atoms with Gasteiger partial charge in [0.25, 0.3) is 0 Å². The molecule has 0 saturated carbocycles. The van der Waals surface area contributed by atoms with Crippen LogP contribution in [0.25, 0.3) is 0 Å². The summed E-state index contributed by atoms with van der Waals surface area (Å²) >= 11 is 0. The molecule has 1 aliphatic rings. The zero-order valence-corrected chi connectivity index (χ0v) is 14.6. The smallest absolute Gasteiger partial charge is 0.244 e. The Labute approximate surface area is 151 Å². The van der Waals surface area contributed by atoms with Crippen molar-refractivity contribution in [1.29, 1.82) is 0 Å². The van der Waals surface area contributed by atoms with Crippen LogP contribution in [-0.4, -0.2) is 22.0 Å². The van der Waals surface area contributed by atoms with E-state index in [1.54, 1.807) is 6.20 Å². The molecule has 0 fully saturated rings. The number of hydrogen-bond donors (Lipinski definition) is 2. The van der Waals surface area contributed by atoms with Gasteiger partial charge < -0.3 is 20.1 Å². The van der Waals surface area contributed by atoms with Crippen molar-refractivity contribution in [2.45, 2.75) is 20.4 Å². The van der Waals surface area contributed by atoms with Gasteiger partial charge in [0.05, 0.1) is 6.20 Å². The van der Waals surface area contributed by atoms with E-state index in [1.165, 1.54) is 5.56 Å². The minimum absolute atomic E-state index is 0.269. The van der Waals surface area contributed by atoms with E-state index in [2.05, 4.69) is 51.8 Å². The average molecular weight is 349 g/mol. The first kappa shape index (κ1) is 16.1. The molecule has 2 N–H and O–H groups in total. The molecule has 1 aromatic heterocycles. The summed E-state index contributed by atoms with van der Waals surface area (Å²) in [5.41, 5.74) is 4.42. The van der Waals surface area contributed by atoms with E-state index in [0.717, 1.165) is 28.3 Å². The Morgan fingerprint density at radius 2 is 1.92 bits per heavy atom. The quantitative estimate of drug-likeness (QED) is 0.729. The number of hydrogen-bond acceptors (Lipinski definition) is 7. The second-order valence-corrected chi connectivity index (χ2v) is 6.15. The molecular formula is C19H19N5O2. The van der Waals surface area contributed by atoms with Crippen molar-refractivity contribution in [2.75, 3.05) is 17.4 Å². The first-order valence-corrected chi connectivity index (χ1v) is 8.34. The Morgan fingerprint density at radius 1 is 1.04 bits per heavy atom. The minimum Gasteiger partial charge on any atom is -0.454 e. The molecule has 0 unspecified atom stereocenters. The molecule has 1 aliphatic heterocycles. The highest BCUT2D eigenvalue weighted by molar-refractivity contribution is 5.60. The molecule has 7 heteroatoms. The van der Waals surface area contributed by atoms with Gasteiger partial charge in [-0.25, -0.2) is 0 Å². The standard InChI is InChI=1S/C19H19N5O2/c1-12-3-5-15(13(2)7-12)22-18-10-21-24-19(23-18)20-9-14-4-6-16-17(8-14)26-11-25-16/h3-8,10H,9,11H2,1-2H3,(H2,20,22,23,24). The third kappa shape index (κ3) is 3.51. The molecule has 2 heterocycles. The predicted octanol–water partition coefficient (Wildman–Crippen LogP) is 3.57. The van der Waals surface area contributed by atoms with Crippen LogP contribution >= 0.6 is 0 Å². The van der Waals surface area contributed by atoms with E-state index in [1.807, 2.05) is 24.3 Å². The van der Waals surface area contributed by atoms with E-state index >= 15 is 0 Å². The number of rotatable bonds is 5. The van der Waals surface area contributed by atoms with E-state index < -0.39 is 0 Å². The van der Waals surface area contributed by atoms with Crippen molar-refractivity contribution in [3.63, 3.8) is 0 Å². The van der Waals surface area contributed by atoms with Gasteiger partial charge in [0.1, 0.15) is 0 Å². The largest absolute Gasteiger partial charge is 0.454 e. The maximum atomic E-state index is 5.39. The topological polar surface area (TPSA) is 81.2 Å². The maximum absolute atomic E-state index is 5.39. The second-order valence-electron chi connectivity index (χ2n) is 6.15. The number of benzene rings is 2. The van der Waals surface area contributed by atoms with E-state index in [-0.39, 0.29) is 6.79 Å². The summed E-state index contributed by atoms with van der Waals surface area (Å²) in [6.07, 6.45) is 1.60. The number of anilines is 3. The van der Waals surface area contributed by atoms with Crippen molar-refractivity contribution in [3.8, 4) is 11.5 Å². The molecule has 4 rings (SSSR count). The number of aryl methyl sites for hydroxylation is 2. The van der Waals surface area contributed by atoms with Gasteiger partial charge >= 0.3 is 0 Å². The normalized spacial score (nSPS) is 12.1. The fourth-order valence-corrected chi connectivity index (χ4v) is 2.76. The number of fused-ring (bicyclic) bond motifs is 1. The van der Waals surface area contributed by atoms with Crippen molar-refractivity contribution in [2.24, 2.45) is 0 Å². The van der Waals surface area contributed by atoms with Crippen LogP contribution in [0, 0.1) is 13.8 Å². The minimum atomic E-state index is 0.269. The van der Waals surface area contributed by atoms with Crippen LogP contribution in [0.5, 0.6) is 11.5 Å². The molecule has 2 aromatic carbocycles. The van der Waals surface area contributed by atoms with Gasteiger partial charge in [0.2, 0.25) is 12.7 Å². The van der Waals surface area contributed by atoms with Crippen molar-refractivity contribution in [1.82, 2.24) is 15.2 Å². The van der Waals surface area contributed by atoms with Gasteiger partial charge in [0.15, 0.2) is 17.3 Å². The van der Waals surface area contributed by atoms with Crippen LogP contribution in [0.1, 0.15) is 16.7 Å². The average Bonchev–Trinajstić information content (AvgIpc) is 3.10. The fourth-order valence-electron chi connectivity index (χ4n) is 2.76. The van der Waals surface area contributed by atoms with Crippen LogP contribution in [0.15, 0.2) is 42.6 Å². The third-order valence-corrected chi connectivity index (χ3v) is 4.09. The Morgan fingerprint density at radius 3 is 2.81 bits per heavy atom. The summed E-state index contributed by atoms with van der Waals surface area (Å²) in [7, 11) is 0. The zero-order chi connectivity index (χ0) is 17.9. The van der Waals surface area contributed by atoms with E-state index in [4.69, 9.17) is 9.47 Å². The van der Waals surface area contributed by atoms with Gasteiger partial charge in [-0.3, -0.25) is 0 Å².